The lowest BCUT2D eigenvalue weighted by atomic mass is 9.86. The van der Waals surface area contributed by atoms with E-state index < -0.39 is 17.2 Å². The molecule has 2 amide bonds. The van der Waals surface area contributed by atoms with Crippen molar-refractivity contribution in [2.45, 2.75) is 63.8 Å². The molecule has 7 nitrogen and oxygen atoms in total. The van der Waals surface area contributed by atoms with Crippen molar-refractivity contribution < 1.29 is 23.8 Å². The van der Waals surface area contributed by atoms with Crippen LogP contribution in [0.3, 0.4) is 0 Å². The van der Waals surface area contributed by atoms with E-state index in [1.807, 2.05) is 74.2 Å². The zero-order valence-electron chi connectivity index (χ0n) is 20.7. The molecule has 2 aromatic rings. The van der Waals surface area contributed by atoms with Gasteiger partial charge in [0, 0.05) is 31.1 Å². The van der Waals surface area contributed by atoms with Crippen LogP contribution >= 0.6 is 0 Å². The summed E-state index contributed by atoms with van der Waals surface area (Å²) >= 11 is 0. The Morgan fingerprint density at radius 1 is 1.09 bits per heavy atom. The van der Waals surface area contributed by atoms with Gasteiger partial charge in [-0.3, -0.25) is 9.69 Å². The molecule has 2 atom stereocenters. The number of hydrogen-bond acceptors (Lipinski definition) is 5. The van der Waals surface area contributed by atoms with Crippen LogP contribution in [-0.4, -0.2) is 59.7 Å². The van der Waals surface area contributed by atoms with Gasteiger partial charge in [-0.25, -0.2) is 4.79 Å². The fourth-order valence-corrected chi connectivity index (χ4v) is 5.16. The van der Waals surface area contributed by atoms with Crippen LogP contribution in [-0.2, 0) is 22.5 Å². The molecule has 0 aromatic heterocycles. The third-order valence-electron chi connectivity index (χ3n) is 6.62. The molecule has 182 valence electrons. The van der Waals surface area contributed by atoms with Crippen LogP contribution in [0.2, 0.25) is 0 Å². The first-order chi connectivity index (χ1) is 16.2. The smallest absolute Gasteiger partial charge is 0.411 e. The van der Waals surface area contributed by atoms with Gasteiger partial charge < -0.3 is 19.1 Å². The number of benzene rings is 2. The summed E-state index contributed by atoms with van der Waals surface area (Å²) in [4.78, 5) is 31.1. The first kappa shape index (κ1) is 23.9. The first-order valence-corrected chi connectivity index (χ1v) is 11.7. The summed E-state index contributed by atoms with van der Waals surface area (Å²) in [6.45, 7) is 6.42. The molecule has 4 rings (SSSR count). The minimum absolute atomic E-state index is 0.0474. The van der Waals surface area contributed by atoms with Crippen LogP contribution in [0.1, 0.15) is 44.7 Å². The Kier molecular flexibility index (Phi) is 6.47. The summed E-state index contributed by atoms with van der Waals surface area (Å²) in [5.41, 5.74) is 0.318. The molecule has 7 heteroatoms. The van der Waals surface area contributed by atoms with Crippen LogP contribution < -0.4 is 9.47 Å². The molecule has 0 saturated carbocycles. The normalized spacial score (nSPS) is 22.0. The molecule has 2 heterocycles. The predicted molar refractivity (Wildman–Crippen MR) is 129 cm³/mol. The molecule has 0 unspecified atom stereocenters. The number of amides is 2. The minimum Gasteiger partial charge on any atom is -0.497 e. The lowest BCUT2D eigenvalue weighted by molar-refractivity contribution is -0.150. The van der Waals surface area contributed by atoms with Gasteiger partial charge in [-0.05, 0) is 51.3 Å². The van der Waals surface area contributed by atoms with Gasteiger partial charge in [0.15, 0.2) is 0 Å². The molecule has 2 saturated heterocycles. The van der Waals surface area contributed by atoms with Crippen LogP contribution in [0.15, 0.2) is 48.5 Å². The highest BCUT2D eigenvalue weighted by molar-refractivity contribution is 5.92. The fraction of sp³-hybridized carbons (Fsp3) is 0.481. The number of rotatable bonds is 6. The van der Waals surface area contributed by atoms with Crippen LogP contribution in [0, 0.1) is 0 Å². The number of ether oxygens (including phenoxy) is 3. The maximum Gasteiger partial charge on any atom is 0.411 e. The van der Waals surface area contributed by atoms with E-state index in [4.69, 9.17) is 14.2 Å². The maximum absolute atomic E-state index is 14.1. The standard InChI is InChI=1S/C27H34N2O5/c1-26(2,3)34-25(31)29-21-13-14-27(29,16-19-9-7-6-8-10-19)24(30)28(18-21)17-20-11-12-22(32-4)15-23(20)33-5/h6-12,15,21H,13-14,16-18H2,1-5H3/t21-,27-/m0/s1. The number of nitrogens with zero attached hydrogens (tertiary/aromatic N) is 2. The van der Waals surface area contributed by atoms with Gasteiger partial charge in [-0.15, -0.1) is 0 Å². The second kappa shape index (κ2) is 9.20. The fourth-order valence-electron chi connectivity index (χ4n) is 5.16. The monoisotopic (exact) mass is 466 g/mol. The van der Waals surface area contributed by atoms with Gasteiger partial charge in [-0.1, -0.05) is 30.3 Å². The molecule has 2 aromatic carbocycles. The first-order valence-electron chi connectivity index (χ1n) is 11.7. The van der Waals surface area contributed by atoms with Gasteiger partial charge in [0.2, 0.25) is 5.91 Å². The number of carbonyl (C=O) groups is 2. The Bertz CT molecular complexity index is 1050. The van der Waals surface area contributed by atoms with Crippen molar-refractivity contribution in [3.05, 3.63) is 59.7 Å². The van der Waals surface area contributed by atoms with E-state index in [0.29, 0.717) is 37.4 Å². The summed E-state index contributed by atoms with van der Waals surface area (Å²) in [5, 5.41) is 0. The summed E-state index contributed by atoms with van der Waals surface area (Å²) < 4.78 is 16.6. The molecule has 0 spiro atoms. The molecule has 2 aliphatic heterocycles. The van der Waals surface area contributed by atoms with Crippen LogP contribution in [0.4, 0.5) is 4.79 Å². The topological polar surface area (TPSA) is 68.3 Å². The average Bonchev–Trinajstić information content (AvgIpc) is 3.10. The third kappa shape index (κ3) is 4.56. The second-order valence-electron chi connectivity index (χ2n) is 10.1. The van der Waals surface area contributed by atoms with Gasteiger partial charge in [0.05, 0.1) is 20.3 Å². The lowest BCUT2D eigenvalue weighted by Gasteiger charge is -2.48. The van der Waals surface area contributed by atoms with Crippen molar-refractivity contribution in [2.75, 3.05) is 20.8 Å². The molecular formula is C27H34N2O5. The van der Waals surface area contributed by atoms with E-state index in [9.17, 15) is 9.59 Å². The second-order valence-corrected chi connectivity index (χ2v) is 10.1. The van der Waals surface area contributed by atoms with E-state index in [2.05, 4.69) is 0 Å². The van der Waals surface area contributed by atoms with Crippen molar-refractivity contribution in [1.82, 2.24) is 9.80 Å². The highest BCUT2D eigenvalue weighted by Crippen LogP contribution is 2.44. The summed E-state index contributed by atoms with van der Waals surface area (Å²) in [6, 6.07) is 15.4. The zero-order valence-corrected chi connectivity index (χ0v) is 20.7. The van der Waals surface area contributed by atoms with Crippen molar-refractivity contribution >= 4 is 12.0 Å². The van der Waals surface area contributed by atoms with E-state index in [0.717, 1.165) is 17.5 Å². The van der Waals surface area contributed by atoms with Crippen LogP contribution in [0.25, 0.3) is 0 Å². The van der Waals surface area contributed by atoms with Crippen LogP contribution in [0.5, 0.6) is 11.5 Å². The molecule has 0 radical (unpaired) electrons. The van der Waals surface area contributed by atoms with Crippen molar-refractivity contribution in [1.29, 1.82) is 0 Å². The highest BCUT2D eigenvalue weighted by Gasteiger charge is 2.60. The van der Waals surface area contributed by atoms with E-state index in [1.165, 1.54) is 0 Å². The predicted octanol–water partition coefficient (Wildman–Crippen LogP) is 4.43. The zero-order chi connectivity index (χ0) is 24.5. The number of likely N-dealkylation sites (tertiary alicyclic amines) is 1. The largest absolute Gasteiger partial charge is 0.497 e. The quantitative estimate of drug-likeness (QED) is 0.630. The summed E-state index contributed by atoms with van der Waals surface area (Å²) in [7, 11) is 3.22. The molecule has 34 heavy (non-hydrogen) atoms. The Morgan fingerprint density at radius 2 is 1.82 bits per heavy atom. The maximum atomic E-state index is 14.1. The average molecular weight is 467 g/mol. The lowest BCUT2D eigenvalue weighted by Crippen LogP contribution is -2.67. The minimum atomic E-state index is -0.966. The number of methoxy groups -OCH3 is 2. The Labute approximate surface area is 201 Å². The van der Waals surface area contributed by atoms with Gasteiger partial charge >= 0.3 is 6.09 Å². The number of carbonyl (C=O) groups excluding carboxylic acids is 2. The molecule has 0 N–H and O–H groups in total. The number of hydrogen-bond donors (Lipinski definition) is 0. The van der Waals surface area contributed by atoms with Crippen molar-refractivity contribution in [3.8, 4) is 11.5 Å². The summed E-state index contributed by atoms with van der Waals surface area (Å²) in [6.07, 6.45) is 1.41. The van der Waals surface area contributed by atoms with E-state index >= 15 is 0 Å². The van der Waals surface area contributed by atoms with E-state index in [1.54, 1.807) is 19.1 Å². The van der Waals surface area contributed by atoms with Gasteiger partial charge in [-0.2, -0.15) is 0 Å². The molecule has 2 aliphatic rings. The molecule has 2 bridgehead atoms. The Balaban J connectivity index is 1.68. The van der Waals surface area contributed by atoms with Crippen molar-refractivity contribution in [3.63, 3.8) is 0 Å². The van der Waals surface area contributed by atoms with E-state index in [-0.39, 0.29) is 11.9 Å². The SMILES string of the molecule is COc1ccc(CN2C[C@@H]3CC[C@](Cc4ccccc4)(C2=O)N3C(=O)OC(C)(C)C)c(OC)c1. The molecular weight excluding hydrogens is 432 g/mol. The summed E-state index contributed by atoms with van der Waals surface area (Å²) in [5.74, 6) is 1.32. The Hall–Kier alpha value is -3.22. The van der Waals surface area contributed by atoms with Crippen molar-refractivity contribution in [2.24, 2.45) is 0 Å². The number of piperazine rings is 1. The Morgan fingerprint density at radius 3 is 2.47 bits per heavy atom. The van der Waals surface area contributed by atoms with Gasteiger partial charge in [0.1, 0.15) is 22.6 Å². The molecule has 2 fully saturated rings. The van der Waals surface area contributed by atoms with Gasteiger partial charge in [0.25, 0.3) is 0 Å². The number of fused-ring (bicyclic) bond motifs is 2. The third-order valence-corrected chi connectivity index (χ3v) is 6.62. The highest BCUT2D eigenvalue weighted by atomic mass is 16.6. The molecule has 0 aliphatic carbocycles.